The van der Waals surface area contributed by atoms with E-state index in [1.807, 2.05) is 0 Å². The van der Waals surface area contributed by atoms with Crippen molar-refractivity contribution in [3.8, 4) is 0 Å². The maximum atomic E-state index is 9.33. The Kier molecular flexibility index (Phi) is 19.7. The second-order valence-corrected chi connectivity index (χ2v) is 8.73. The van der Waals surface area contributed by atoms with Gasteiger partial charge in [-0.25, -0.2) is 0 Å². The molecule has 0 aromatic carbocycles. The zero-order valence-electron chi connectivity index (χ0n) is 18.7. The van der Waals surface area contributed by atoms with Crippen LogP contribution < -0.4 is 5.32 Å². The smallest absolute Gasteiger partial charge is 0.372 e. The Morgan fingerprint density at radius 3 is 1.86 bits per heavy atom. The quantitative estimate of drug-likeness (QED) is 0.171. The van der Waals surface area contributed by atoms with Gasteiger partial charge in [-0.3, -0.25) is 13.7 Å². The Balaban J connectivity index is 0.00000113. The number of unbranched alkanes of at least 4 members (excludes halogenated alkanes) is 12. The molecular formula is C22H44N2O4S. The van der Waals surface area contributed by atoms with Crippen LogP contribution in [-0.2, 0) is 14.6 Å². The van der Waals surface area contributed by atoms with Crippen molar-refractivity contribution in [1.29, 1.82) is 0 Å². The van der Waals surface area contributed by atoms with Crippen LogP contribution >= 0.6 is 0 Å². The van der Waals surface area contributed by atoms with Crippen LogP contribution in [0.3, 0.4) is 0 Å². The van der Waals surface area contributed by atoms with Crippen LogP contribution in [0.15, 0.2) is 17.1 Å². The third kappa shape index (κ3) is 23.2. The SMILES string of the molecule is CCCCCCCC/C=C\CCCCCCCCC1=NCCN1.COS(=O)(=O)O. The standard InChI is InChI=1S/C21H40N2.CH4O4S/c1-2-3-4-5-6-7-8-9-10-11-12-13-14-15-16-17-18-21-22-19-20-23-21;1-5-6(2,3)4/h9-10H,2-8,11-20H2,1H3,(H,22,23);1H3,(H,2,3,4)/b10-9-;. The molecule has 0 spiro atoms. The highest BCUT2D eigenvalue weighted by Gasteiger charge is 2.03. The predicted molar refractivity (Wildman–Crippen MR) is 123 cm³/mol. The molecule has 0 saturated heterocycles. The minimum atomic E-state index is -4.16. The van der Waals surface area contributed by atoms with E-state index < -0.39 is 10.4 Å². The highest BCUT2D eigenvalue weighted by Crippen LogP contribution is 2.11. The van der Waals surface area contributed by atoms with Crippen LogP contribution in [0, 0.1) is 0 Å². The molecular weight excluding hydrogens is 388 g/mol. The van der Waals surface area contributed by atoms with Crippen molar-refractivity contribution < 1.29 is 17.2 Å². The summed E-state index contributed by atoms with van der Waals surface area (Å²) in [5, 5.41) is 3.35. The molecule has 172 valence electrons. The van der Waals surface area contributed by atoms with Gasteiger partial charge in [-0.2, -0.15) is 8.42 Å². The van der Waals surface area contributed by atoms with E-state index in [1.165, 1.54) is 102 Å². The lowest BCUT2D eigenvalue weighted by molar-refractivity contribution is 0.324. The van der Waals surface area contributed by atoms with Gasteiger partial charge < -0.3 is 5.32 Å². The second kappa shape index (κ2) is 20.4. The van der Waals surface area contributed by atoms with Gasteiger partial charge in [-0.1, -0.05) is 76.9 Å². The lowest BCUT2D eigenvalue weighted by Crippen LogP contribution is -2.17. The molecule has 7 heteroatoms. The molecule has 0 aromatic rings. The van der Waals surface area contributed by atoms with E-state index >= 15 is 0 Å². The van der Waals surface area contributed by atoms with E-state index in [4.69, 9.17) is 4.55 Å². The first-order valence-electron chi connectivity index (χ1n) is 11.4. The predicted octanol–water partition coefficient (Wildman–Crippen LogP) is 5.85. The Morgan fingerprint density at radius 2 is 1.41 bits per heavy atom. The maximum Gasteiger partial charge on any atom is 0.397 e. The van der Waals surface area contributed by atoms with Gasteiger partial charge in [0.1, 0.15) is 0 Å². The molecule has 1 aliphatic rings. The van der Waals surface area contributed by atoms with Crippen molar-refractivity contribution >= 4 is 16.2 Å². The van der Waals surface area contributed by atoms with Crippen LogP contribution in [0.5, 0.6) is 0 Å². The molecule has 29 heavy (non-hydrogen) atoms. The third-order valence-corrected chi connectivity index (χ3v) is 5.30. The summed E-state index contributed by atoms with van der Waals surface area (Å²) < 4.78 is 29.7. The van der Waals surface area contributed by atoms with Crippen LogP contribution in [0.25, 0.3) is 0 Å². The molecule has 0 aromatic heterocycles. The number of rotatable bonds is 17. The average molecular weight is 433 g/mol. The van der Waals surface area contributed by atoms with Crippen LogP contribution in [0.4, 0.5) is 0 Å². The first-order valence-corrected chi connectivity index (χ1v) is 12.8. The van der Waals surface area contributed by atoms with Crippen molar-refractivity contribution in [3.05, 3.63) is 12.2 Å². The van der Waals surface area contributed by atoms with Crippen molar-refractivity contribution in [1.82, 2.24) is 5.32 Å². The Labute approximate surface area is 179 Å². The zero-order valence-corrected chi connectivity index (χ0v) is 19.5. The number of hydrogen-bond acceptors (Lipinski definition) is 5. The summed E-state index contributed by atoms with van der Waals surface area (Å²) in [6, 6.07) is 0. The molecule has 0 radical (unpaired) electrons. The van der Waals surface area contributed by atoms with Crippen molar-refractivity contribution in [2.45, 2.75) is 103 Å². The van der Waals surface area contributed by atoms with E-state index in [1.54, 1.807) is 0 Å². The molecule has 1 aliphatic heterocycles. The molecule has 0 bridgehead atoms. The average Bonchev–Trinajstić information content (AvgIpc) is 3.21. The minimum Gasteiger partial charge on any atom is -0.372 e. The Hall–Kier alpha value is -0.920. The topological polar surface area (TPSA) is 88.0 Å². The van der Waals surface area contributed by atoms with E-state index in [9.17, 15) is 8.42 Å². The van der Waals surface area contributed by atoms with Gasteiger partial charge in [0.15, 0.2) is 0 Å². The summed E-state index contributed by atoms with van der Waals surface area (Å²) >= 11 is 0. The zero-order chi connectivity index (χ0) is 21.6. The fourth-order valence-electron chi connectivity index (χ4n) is 3.15. The number of nitrogens with one attached hydrogen (secondary N) is 1. The lowest BCUT2D eigenvalue weighted by atomic mass is 10.1. The summed E-state index contributed by atoms with van der Waals surface area (Å²) in [7, 11) is -3.29. The fourth-order valence-corrected chi connectivity index (χ4v) is 3.15. The summed E-state index contributed by atoms with van der Waals surface area (Å²) in [6.45, 7) is 4.33. The largest absolute Gasteiger partial charge is 0.397 e. The van der Waals surface area contributed by atoms with Crippen molar-refractivity contribution in [2.24, 2.45) is 4.99 Å². The summed E-state index contributed by atoms with van der Waals surface area (Å²) in [5.41, 5.74) is 0. The van der Waals surface area contributed by atoms with Gasteiger partial charge >= 0.3 is 10.4 Å². The van der Waals surface area contributed by atoms with Gasteiger partial charge in [-0.05, 0) is 32.1 Å². The summed E-state index contributed by atoms with van der Waals surface area (Å²) in [5.74, 6) is 1.25. The van der Waals surface area contributed by atoms with E-state index in [2.05, 4.69) is 33.6 Å². The number of hydrogen-bond donors (Lipinski definition) is 2. The molecule has 1 rings (SSSR count). The molecule has 0 saturated carbocycles. The first kappa shape index (κ1) is 28.1. The van der Waals surface area contributed by atoms with Crippen LogP contribution in [0.1, 0.15) is 103 Å². The Bertz CT molecular complexity index is 519. The molecule has 0 unspecified atom stereocenters. The molecule has 0 fully saturated rings. The van der Waals surface area contributed by atoms with Crippen molar-refractivity contribution in [2.75, 3.05) is 20.2 Å². The highest BCUT2D eigenvalue weighted by atomic mass is 32.3. The number of aliphatic imine (C=N–C) groups is 1. The van der Waals surface area contributed by atoms with Crippen LogP contribution in [-0.4, -0.2) is 39.0 Å². The van der Waals surface area contributed by atoms with Gasteiger partial charge in [0.2, 0.25) is 0 Å². The second-order valence-electron chi connectivity index (χ2n) is 7.54. The molecule has 2 N–H and O–H groups in total. The van der Waals surface area contributed by atoms with Gasteiger partial charge in [0.05, 0.1) is 19.5 Å². The highest BCUT2D eigenvalue weighted by molar-refractivity contribution is 7.80. The third-order valence-electron chi connectivity index (χ3n) is 4.88. The number of allylic oxidation sites excluding steroid dienone is 2. The number of amidine groups is 1. The van der Waals surface area contributed by atoms with Crippen LogP contribution in [0.2, 0.25) is 0 Å². The lowest BCUT2D eigenvalue weighted by Gasteiger charge is -2.02. The monoisotopic (exact) mass is 432 g/mol. The van der Waals surface area contributed by atoms with Crippen molar-refractivity contribution in [3.63, 3.8) is 0 Å². The molecule has 6 nitrogen and oxygen atoms in total. The van der Waals surface area contributed by atoms with E-state index in [-0.39, 0.29) is 0 Å². The van der Waals surface area contributed by atoms with Gasteiger partial charge in [-0.15, -0.1) is 0 Å². The molecule has 0 atom stereocenters. The molecule has 0 amide bonds. The maximum absolute atomic E-state index is 9.33. The van der Waals surface area contributed by atoms with Gasteiger partial charge in [0, 0.05) is 13.0 Å². The number of nitrogens with zero attached hydrogens (tertiary/aromatic N) is 1. The fraction of sp³-hybridized carbons (Fsp3) is 0.864. The molecule has 0 aliphatic carbocycles. The van der Waals surface area contributed by atoms with E-state index in [0.717, 1.165) is 20.2 Å². The first-order chi connectivity index (χ1) is 14.0. The summed E-state index contributed by atoms with van der Waals surface area (Å²) in [4.78, 5) is 4.44. The normalized spacial score (nSPS) is 13.8. The molecule has 1 heterocycles. The van der Waals surface area contributed by atoms with Gasteiger partial charge in [0.25, 0.3) is 0 Å². The summed E-state index contributed by atoms with van der Waals surface area (Å²) in [6.07, 6.45) is 25.3. The minimum absolute atomic E-state index is 0.870. The Morgan fingerprint density at radius 1 is 0.931 bits per heavy atom. The van der Waals surface area contributed by atoms with E-state index in [0.29, 0.717) is 0 Å².